The molecule has 2 aromatic carbocycles. The fourth-order valence-electron chi connectivity index (χ4n) is 4.31. The maximum atomic E-state index is 13.3. The van der Waals surface area contributed by atoms with Crippen LogP contribution in [-0.4, -0.2) is 28.8 Å². The molecule has 1 fully saturated rings. The zero-order valence-electron chi connectivity index (χ0n) is 18.4. The zero-order valence-corrected chi connectivity index (χ0v) is 19.1. The number of aryl methyl sites for hydroxylation is 1. The third-order valence-corrected chi connectivity index (χ3v) is 6.48. The fourth-order valence-corrected chi connectivity index (χ4v) is 4.51. The molecule has 2 amide bonds. The number of hydrogen-bond donors (Lipinski definition) is 1. The van der Waals surface area contributed by atoms with Crippen molar-refractivity contribution < 1.29 is 9.59 Å². The molecule has 1 aliphatic rings. The monoisotopic (exact) mass is 440 g/mol. The highest BCUT2D eigenvalue weighted by molar-refractivity contribution is 6.31. The highest BCUT2D eigenvalue weighted by atomic mass is 35.5. The highest BCUT2D eigenvalue weighted by Gasteiger charge is 2.30. The molecule has 0 bridgehead atoms. The molecule has 0 radical (unpaired) electrons. The molecule has 5 heteroatoms. The van der Waals surface area contributed by atoms with Gasteiger partial charge in [0.2, 0.25) is 11.8 Å². The van der Waals surface area contributed by atoms with Crippen molar-refractivity contribution in [1.29, 1.82) is 0 Å². The number of halogens is 1. The summed E-state index contributed by atoms with van der Waals surface area (Å²) in [5.41, 5.74) is 1.98. The van der Waals surface area contributed by atoms with Crippen LogP contribution in [0.15, 0.2) is 54.6 Å². The second-order valence-corrected chi connectivity index (χ2v) is 8.77. The van der Waals surface area contributed by atoms with Gasteiger partial charge in [-0.2, -0.15) is 0 Å². The first kappa shape index (κ1) is 23.3. The van der Waals surface area contributed by atoms with Gasteiger partial charge in [-0.15, -0.1) is 0 Å². The van der Waals surface area contributed by atoms with Crippen LogP contribution in [0.25, 0.3) is 0 Å². The Balaban J connectivity index is 1.75. The Hall–Kier alpha value is -2.33. The topological polar surface area (TPSA) is 49.4 Å². The first-order chi connectivity index (χ1) is 15.1. The molecule has 166 valence electrons. The Labute approximate surface area is 191 Å². The summed E-state index contributed by atoms with van der Waals surface area (Å²) in [6, 6.07) is 17.2. The second kappa shape index (κ2) is 11.9. The van der Waals surface area contributed by atoms with E-state index in [1.54, 1.807) is 4.90 Å². The normalized spacial score (nSPS) is 15.3. The van der Waals surface area contributed by atoms with Crippen LogP contribution < -0.4 is 5.32 Å². The van der Waals surface area contributed by atoms with Gasteiger partial charge < -0.3 is 10.2 Å². The summed E-state index contributed by atoms with van der Waals surface area (Å²) in [5.74, 6) is -0.0658. The molecule has 31 heavy (non-hydrogen) atoms. The Morgan fingerprint density at radius 1 is 1.03 bits per heavy atom. The standard InChI is InChI=1S/C26H33ClN2O2/c1-2-24(26(31)28-22-14-7-4-8-15-22)29(19-21-13-9-10-16-23(21)27)25(30)18-17-20-11-5-3-6-12-20/h3,5-6,9-13,16,22,24H,2,4,7-8,14-15,17-19H2,1H3,(H,28,31)/t24-/m1/s1. The number of benzene rings is 2. The SMILES string of the molecule is CC[C@H](C(=O)NC1CCCCC1)N(Cc1ccccc1Cl)C(=O)CCc1ccccc1. The lowest BCUT2D eigenvalue weighted by Gasteiger charge is -2.33. The maximum absolute atomic E-state index is 13.3. The summed E-state index contributed by atoms with van der Waals surface area (Å²) in [5, 5.41) is 3.83. The molecule has 0 unspecified atom stereocenters. The van der Waals surface area contributed by atoms with Crippen molar-refractivity contribution in [2.45, 2.75) is 76.9 Å². The average Bonchev–Trinajstić information content (AvgIpc) is 2.80. The van der Waals surface area contributed by atoms with E-state index in [1.807, 2.05) is 61.5 Å². The van der Waals surface area contributed by atoms with Crippen molar-refractivity contribution in [2.24, 2.45) is 0 Å². The molecule has 1 aliphatic carbocycles. The Bertz CT molecular complexity index is 849. The first-order valence-electron chi connectivity index (χ1n) is 11.5. The third-order valence-electron chi connectivity index (χ3n) is 6.11. The minimum Gasteiger partial charge on any atom is -0.352 e. The second-order valence-electron chi connectivity index (χ2n) is 8.37. The van der Waals surface area contributed by atoms with E-state index in [1.165, 1.54) is 6.42 Å². The van der Waals surface area contributed by atoms with Crippen LogP contribution in [0.2, 0.25) is 5.02 Å². The Kier molecular flexibility index (Phi) is 8.96. The minimum absolute atomic E-state index is 0.0191. The van der Waals surface area contributed by atoms with E-state index in [0.29, 0.717) is 30.8 Å². The molecule has 0 spiro atoms. The van der Waals surface area contributed by atoms with Gasteiger partial charge in [-0.3, -0.25) is 9.59 Å². The van der Waals surface area contributed by atoms with Crippen LogP contribution in [-0.2, 0) is 22.6 Å². The quantitative estimate of drug-likeness (QED) is 0.557. The van der Waals surface area contributed by atoms with E-state index in [9.17, 15) is 9.59 Å². The molecule has 4 nitrogen and oxygen atoms in total. The van der Waals surface area contributed by atoms with Gasteiger partial charge in [0.25, 0.3) is 0 Å². The van der Waals surface area contributed by atoms with Gasteiger partial charge in [-0.25, -0.2) is 0 Å². The van der Waals surface area contributed by atoms with Crippen molar-refractivity contribution in [2.75, 3.05) is 0 Å². The molecule has 0 saturated heterocycles. The van der Waals surface area contributed by atoms with E-state index in [4.69, 9.17) is 11.6 Å². The number of carbonyl (C=O) groups is 2. The number of nitrogens with one attached hydrogen (secondary N) is 1. The molecule has 3 rings (SSSR count). The minimum atomic E-state index is -0.499. The molecule has 1 N–H and O–H groups in total. The lowest BCUT2D eigenvalue weighted by molar-refractivity contribution is -0.141. The molecule has 1 saturated carbocycles. The van der Waals surface area contributed by atoms with Gasteiger partial charge in [0.05, 0.1) is 0 Å². The molecule has 0 heterocycles. The predicted octanol–water partition coefficient (Wildman–Crippen LogP) is 5.53. The number of hydrogen-bond acceptors (Lipinski definition) is 2. The molecular weight excluding hydrogens is 408 g/mol. The zero-order chi connectivity index (χ0) is 22.1. The van der Waals surface area contributed by atoms with Crippen molar-refractivity contribution in [3.05, 3.63) is 70.7 Å². The molecule has 2 aromatic rings. The number of amides is 2. The first-order valence-corrected chi connectivity index (χ1v) is 11.8. The summed E-state index contributed by atoms with van der Waals surface area (Å²) in [6.45, 7) is 2.30. The maximum Gasteiger partial charge on any atom is 0.243 e. The van der Waals surface area contributed by atoms with E-state index in [-0.39, 0.29) is 17.9 Å². The Morgan fingerprint density at radius 3 is 2.39 bits per heavy atom. The summed E-state index contributed by atoms with van der Waals surface area (Å²) in [4.78, 5) is 28.3. The number of nitrogens with zero attached hydrogens (tertiary/aromatic N) is 1. The van der Waals surface area contributed by atoms with E-state index < -0.39 is 6.04 Å². The van der Waals surface area contributed by atoms with Crippen LogP contribution >= 0.6 is 11.6 Å². The average molecular weight is 441 g/mol. The lowest BCUT2D eigenvalue weighted by Crippen LogP contribution is -2.51. The predicted molar refractivity (Wildman–Crippen MR) is 126 cm³/mol. The van der Waals surface area contributed by atoms with Gasteiger partial charge in [0, 0.05) is 24.0 Å². The van der Waals surface area contributed by atoms with Gasteiger partial charge in [0.1, 0.15) is 6.04 Å². The molecular formula is C26H33ClN2O2. The van der Waals surface area contributed by atoms with Crippen molar-refractivity contribution >= 4 is 23.4 Å². The van der Waals surface area contributed by atoms with Crippen LogP contribution in [0, 0.1) is 0 Å². The van der Waals surface area contributed by atoms with Gasteiger partial charge in [-0.05, 0) is 42.9 Å². The molecule has 1 atom stereocenters. The summed E-state index contributed by atoms with van der Waals surface area (Å²) >= 11 is 6.39. The highest BCUT2D eigenvalue weighted by Crippen LogP contribution is 2.22. The third kappa shape index (κ3) is 6.83. The van der Waals surface area contributed by atoms with Crippen LogP contribution in [0.3, 0.4) is 0 Å². The largest absolute Gasteiger partial charge is 0.352 e. The fraction of sp³-hybridized carbons (Fsp3) is 0.462. The Morgan fingerprint density at radius 2 is 1.71 bits per heavy atom. The lowest BCUT2D eigenvalue weighted by atomic mass is 9.95. The summed E-state index contributed by atoms with van der Waals surface area (Å²) < 4.78 is 0. The van der Waals surface area contributed by atoms with Crippen molar-refractivity contribution in [3.8, 4) is 0 Å². The van der Waals surface area contributed by atoms with E-state index >= 15 is 0 Å². The van der Waals surface area contributed by atoms with Crippen molar-refractivity contribution in [3.63, 3.8) is 0 Å². The number of rotatable bonds is 9. The number of carbonyl (C=O) groups excluding carboxylic acids is 2. The van der Waals surface area contributed by atoms with Crippen molar-refractivity contribution in [1.82, 2.24) is 10.2 Å². The summed E-state index contributed by atoms with van der Waals surface area (Å²) in [6.07, 6.45) is 7.17. The van der Waals surface area contributed by atoms with Crippen LogP contribution in [0.4, 0.5) is 0 Å². The van der Waals surface area contributed by atoms with Crippen LogP contribution in [0.1, 0.15) is 63.0 Å². The smallest absolute Gasteiger partial charge is 0.243 e. The van der Waals surface area contributed by atoms with Crippen LogP contribution in [0.5, 0.6) is 0 Å². The van der Waals surface area contributed by atoms with E-state index in [0.717, 1.165) is 36.8 Å². The van der Waals surface area contributed by atoms with Gasteiger partial charge in [0.15, 0.2) is 0 Å². The van der Waals surface area contributed by atoms with Gasteiger partial charge >= 0.3 is 0 Å². The summed E-state index contributed by atoms with van der Waals surface area (Å²) in [7, 11) is 0. The van der Waals surface area contributed by atoms with E-state index in [2.05, 4.69) is 5.32 Å². The molecule has 0 aromatic heterocycles. The van der Waals surface area contributed by atoms with Gasteiger partial charge in [-0.1, -0.05) is 86.3 Å². The molecule has 0 aliphatic heterocycles.